The average Bonchev–Trinajstić information content (AvgIpc) is 3.84. The van der Waals surface area contributed by atoms with E-state index >= 15 is 0 Å². The number of halogens is 2. The topological polar surface area (TPSA) is 249 Å². The summed E-state index contributed by atoms with van der Waals surface area (Å²) in [5.74, 6) is 2.50. The lowest BCUT2D eigenvalue weighted by atomic mass is 10.2. The van der Waals surface area contributed by atoms with Gasteiger partial charge in [0.25, 0.3) is 0 Å². The van der Waals surface area contributed by atoms with Crippen molar-refractivity contribution in [2.75, 3.05) is 23.9 Å². The van der Waals surface area contributed by atoms with Gasteiger partial charge in [0, 0.05) is 50.3 Å². The zero-order valence-corrected chi connectivity index (χ0v) is 34.5. The second kappa shape index (κ2) is 20.0. The van der Waals surface area contributed by atoms with E-state index in [4.69, 9.17) is 23.2 Å². The van der Waals surface area contributed by atoms with Crippen LogP contribution in [0.2, 0.25) is 10.4 Å². The van der Waals surface area contributed by atoms with Crippen LogP contribution in [0.15, 0.2) is 85.5 Å². The molecule has 7 aromatic rings. The molecule has 0 fully saturated rings. The Morgan fingerprint density at radius 1 is 0.574 bits per heavy atom. The van der Waals surface area contributed by atoms with Crippen molar-refractivity contribution < 1.29 is 14.8 Å². The summed E-state index contributed by atoms with van der Waals surface area (Å²) in [5, 5.41) is 33.0. The molecule has 5 heterocycles. The fourth-order valence-corrected chi connectivity index (χ4v) is 6.14. The first-order valence-electron chi connectivity index (χ1n) is 17.5. The molecule has 0 aliphatic carbocycles. The number of nitro groups is 3. The number of nitrogens with zero attached hydrogens (tertiary/aromatic N) is 15. The van der Waals surface area contributed by atoms with E-state index in [1.807, 2.05) is 74.6 Å². The van der Waals surface area contributed by atoms with E-state index in [9.17, 15) is 30.3 Å². The van der Waals surface area contributed by atoms with E-state index in [0.717, 1.165) is 11.4 Å². The Hall–Kier alpha value is -7.52. The smallest absolute Gasteiger partial charge is 0.324 e. The van der Waals surface area contributed by atoms with Gasteiger partial charge >= 0.3 is 17.1 Å². The summed E-state index contributed by atoms with van der Waals surface area (Å²) in [6.45, 7) is 8.25. The van der Waals surface area contributed by atoms with Crippen LogP contribution in [0.1, 0.15) is 36.2 Å². The summed E-state index contributed by atoms with van der Waals surface area (Å²) in [5.41, 5.74) is 1.91. The number of aryl methyl sites for hydroxylation is 5. The first-order chi connectivity index (χ1) is 28.5. The van der Waals surface area contributed by atoms with Gasteiger partial charge in [-0.3, -0.25) is 39.5 Å². The molecule has 0 unspecified atom stereocenters. The molecule has 0 amide bonds. The molecule has 0 bridgehead atoms. The van der Waals surface area contributed by atoms with Crippen LogP contribution in [0, 0.1) is 65.0 Å². The van der Waals surface area contributed by atoms with Gasteiger partial charge in [-0.1, -0.05) is 55.4 Å². The number of anilines is 4. The first-order valence-corrected chi connectivity index (χ1v) is 18.2. The number of para-hydroxylation sites is 2. The summed E-state index contributed by atoms with van der Waals surface area (Å²) in [4.78, 5) is 68.0. The van der Waals surface area contributed by atoms with Crippen molar-refractivity contribution in [2.24, 2.45) is 0 Å². The minimum Gasteiger partial charge on any atom is -0.324 e. The van der Waals surface area contributed by atoms with Crippen molar-refractivity contribution in [1.29, 1.82) is 0 Å². The molecule has 0 saturated heterocycles. The Morgan fingerprint density at radius 2 is 1.05 bits per heavy atom. The maximum Gasteiger partial charge on any atom is 0.333 e. The summed E-state index contributed by atoms with van der Waals surface area (Å²) < 4.78 is 3.29. The minimum atomic E-state index is -0.645. The number of rotatable bonds is 9. The second-order valence-electron chi connectivity index (χ2n) is 12.5. The molecule has 316 valence electrons. The van der Waals surface area contributed by atoms with Crippen LogP contribution in [-0.2, 0) is 0 Å². The summed E-state index contributed by atoms with van der Waals surface area (Å²) in [6.07, 6.45) is 6.59. The van der Waals surface area contributed by atoms with Gasteiger partial charge in [0.2, 0.25) is 34.0 Å². The van der Waals surface area contributed by atoms with E-state index in [-0.39, 0.29) is 52.3 Å². The van der Waals surface area contributed by atoms with Crippen molar-refractivity contribution in [3.8, 4) is 11.8 Å². The number of aromatic nitrogens is 10. The molecule has 0 N–H and O–H groups in total. The Morgan fingerprint density at radius 3 is 1.52 bits per heavy atom. The third kappa shape index (κ3) is 10.6. The highest BCUT2D eigenvalue weighted by molar-refractivity contribution is 6.33. The summed E-state index contributed by atoms with van der Waals surface area (Å²) >= 11 is 10.9. The van der Waals surface area contributed by atoms with Gasteiger partial charge in [0.15, 0.2) is 0 Å². The molecule has 5 aromatic heterocycles. The molecule has 23 heteroatoms. The van der Waals surface area contributed by atoms with Crippen molar-refractivity contribution in [3.63, 3.8) is 0 Å². The van der Waals surface area contributed by atoms with Crippen molar-refractivity contribution in [2.45, 2.75) is 42.0 Å². The van der Waals surface area contributed by atoms with Crippen LogP contribution in [-0.4, -0.2) is 77.9 Å². The third-order valence-corrected chi connectivity index (χ3v) is 9.02. The standard InChI is InChI=1S/2C16H16N6O2.C5H3Cl2N3O2.CH4/c1-11-14(22(23)24)15(21-10-9-17-12(21)2)19-16(18-11)20(3)13-7-5-4-6-8-13;1-11-14(22(23)24)15(20(3)13-7-5-4-6-8-13)19-16(18-11)21-10-9-17-12(21)2;1-2-3(10(11)12)4(6)9-5(7)8-2;/h2*4-10H,1-3H3;1H3;1H4. The SMILES string of the molecule is C.Cc1nc(-n2ccnc2C)nc(N(C)c2ccccc2)c1[N+](=O)[O-].Cc1nc(Cl)nc(Cl)c1[N+](=O)[O-].Cc1nc(N(C)c2ccccc2)nc(-n2ccnc2C)c1[N+](=O)[O-]. The monoisotopic (exact) mass is 871 g/mol. The van der Waals surface area contributed by atoms with Crippen LogP contribution < -0.4 is 9.80 Å². The summed E-state index contributed by atoms with van der Waals surface area (Å²) in [7, 11) is 3.56. The van der Waals surface area contributed by atoms with Crippen LogP contribution >= 0.6 is 23.2 Å². The molecule has 0 aliphatic rings. The largest absolute Gasteiger partial charge is 0.333 e. The van der Waals surface area contributed by atoms with Gasteiger partial charge in [0.1, 0.15) is 28.7 Å². The van der Waals surface area contributed by atoms with Gasteiger partial charge in [-0.15, -0.1) is 0 Å². The molecule has 0 spiro atoms. The Bertz CT molecular complexity index is 2660. The molecule has 7 rings (SSSR count). The molecular weight excluding hydrogens is 833 g/mol. The van der Waals surface area contributed by atoms with E-state index in [0.29, 0.717) is 34.9 Å². The fourth-order valence-electron chi connectivity index (χ4n) is 5.60. The van der Waals surface area contributed by atoms with Crippen LogP contribution in [0.5, 0.6) is 0 Å². The predicted molar refractivity (Wildman–Crippen MR) is 230 cm³/mol. The van der Waals surface area contributed by atoms with Gasteiger partial charge in [-0.2, -0.15) is 15.0 Å². The van der Waals surface area contributed by atoms with Crippen LogP contribution in [0.3, 0.4) is 0 Å². The lowest BCUT2D eigenvalue weighted by Gasteiger charge is -2.19. The molecule has 0 aliphatic heterocycles. The van der Waals surface area contributed by atoms with Crippen molar-refractivity contribution in [3.05, 3.63) is 155 Å². The molecule has 61 heavy (non-hydrogen) atoms. The lowest BCUT2D eigenvalue weighted by molar-refractivity contribution is -0.386. The zero-order chi connectivity index (χ0) is 43.8. The minimum absolute atomic E-state index is 0. The third-order valence-electron chi connectivity index (χ3n) is 8.59. The maximum absolute atomic E-state index is 11.5. The number of benzene rings is 2. The quantitative estimate of drug-likeness (QED) is 0.0570. The molecule has 0 radical (unpaired) electrons. The van der Waals surface area contributed by atoms with Crippen LogP contribution in [0.4, 0.5) is 40.2 Å². The normalized spacial score (nSPS) is 10.3. The van der Waals surface area contributed by atoms with Gasteiger partial charge in [-0.05, 0) is 70.5 Å². The highest BCUT2D eigenvalue weighted by Gasteiger charge is 2.27. The van der Waals surface area contributed by atoms with Gasteiger partial charge in [0.05, 0.1) is 14.8 Å². The first kappa shape index (κ1) is 46.2. The average molecular weight is 873 g/mol. The zero-order valence-electron chi connectivity index (χ0n) is 33.0. The lowest BCUT2D eigenvalue weighted by Crippen LogP contribution is -2.17. The number of imidazole rings is 2. The maximum atomic E-state index is 11.5. The Kier molecular flexibility index (Phi) is 15.1. The van der Waals surface area contributed by atoms with Gasteiger partial charge in [-0.25, -0.2) is 24.9 Å². The Labute approximate surface area is 358 Å². The van der Waals surface area contributed by atoms with E-state index in [2.05, 4.69) is 39.9 Å². The van der Waals surface area contributed by atoms with E-state index in [1.54, 1.807) is 71.5 Å². The molecular formula is C38H39Cl2N15O6. The highest BCUT2D eigenvalue weighted by atomic mass is 35.5. The van der Waals surface area contributed by atoms with E-state index in [1.165, 1.54) is 6.92 Å². The predicted octanol–water partition coefficient (Wildman–Crippen LogP) is 8.55. The number of hydrogen-bond donors (Lipinski definition) is 0. The fraction of sp³-hybridized carbons (Fsp3) is 0.211. The summed E-state index contributed by atoms with van der Waals surface area (Å²) in [6, 6.07) is 18.9. The van der Waals surface area contributed by atoms with Gasteiger partial charge < -0.3 is 9.80 Å². The molecule has 0 atom stereocenters. The van der Waals surface area contributed by atoms with Crippen LogP contribution in [0.25, 0.3) is 11.8 Å². The Balaban J connectivity index is 0.000000211. The van der Waals surface area contributed by atoms with Crippen molar-refractivity contribution >= 4 is 63.4 Å². The molecule has 0 saturated carbocycles. The number of hydrogen-bond acceptors (Lipinski definition) is 16. The van der Waals surface area contributed by atoms with Crippen molar-refractivity contribution in [1.82, 2.24) is 49.0 Å². The molecule has 2 aromatic carbocycles. The molecule has 21 nitrogen and oxygen atoms in total. The second-order valence-corrected chi connectivity index (χ2v) is 13.2. The highest BCUT2D eigenvalue weighted by Crippen LogP contribution is 2.34. The van der Waals surface area contributed by atoms with E-state index < -0.39 is 14.8 Å².